The van der Waals surface area contributed by atoms with Crippen LogP contribution in [0.1, 0.15) is 37.7 Å². The molecule has 2 aromatic rings. The lowest BCUT2D eigenvalue weighted by molar-refractivity contribution is 0.598. The topological polar surface area (TPSA) is 60.2 Å². The van der Waals surface area contributed by atoms with Crippen LogP contribution in [0.2, 0.25) is 0 Å². The second-order valence-corrected chi connectivity index (χ2v) is 7.56. The summed E-state index contributed by atoms with van der Waals surface area (Å²) in [5.41, 5.74) is 3.81. The Morgan fingerprint density at radius 1 is 0.913 bits per heavy atom. The number of sulfonamides is 1. The van der Waals surface area contributed by atoms with E-state index in [1.807, 2.05) is 42.5 Å². The highest BCUT2D eigenvalue weighted by molar-refractivity contribution is 7.89. The van der Waals surface area contributed by atoms with E-state index in [4.69, 9.17) is 5.14 Å². The highest BCUT2D eigenvalue weighted by atomic mass is 32.2. The highest BCUT2D eigenvalue weighted by Gasteiger charge is 2.16. The van der Waals surface area contributed by atoms with Crippen molar-refractivity contribution >= 4 is 16.1 Å². The van der Waals surface area contributed by atoms with Crippen molar-refractivity contribution in [3.8, 4) is 11.1 Å². The number of allylic oxidation sites excluding steroid dienone is 1. The maximum atomic E-state index is 12.0. The average Bonchev–Trinajstić information content (AvgIpc) is 2.56. The summed E-state index contributed by atoms with van der Waals surface area (Å²) in [6, 6.07) is 15.0. The molecule has 0 aliphatic heterocycles. The first-order valence-corrected chi connectivity index (χ1v) is 9.50. The van der Waals surface area contributed by atoms with Crippen LogP contribution in [0, 0.1) is 0 Å². The van der Waals surface area contributed by atoms with E-state index in [0.29, 0.717) is 5.56 Å². The van der Waals surface area contributed by atoms with Gasteiger partial charge in [-0.05, 0) is 42.9 Å². The van der Waals surface area contributed by atoms with Gasteiger partial charge in [0.15, 0.2) is 0 Å². The van der Waals surface area contributed by atoms with Gasteiger partial charge in [-0.3, -0.25) is 0 Å². The van der Waals surface area contributed by atoms with Gasteiger partial charge in [-0.2, -0.15) is 0 Å². The van der Waals surface area contributed by atoms with Crippen molar-refractivity contribution < 1.29 is 8.42 Å². The van der Waals surface area contributed by atoms with Crippen LogP contribution in [-0.2, 0) is 10.0 Å². The normalized spacial score (nSPS) is 15.4. The number of hydrogen-bond acceptors (Lipinski definition) is 2. The summed E-state index contributed by atoms with van der Waals surface area (Å²) in [4.78, 5) is 0.189. The second-order valence-electron chi connectivity index (χ2n) is 6.03. The fraction of sp³-hybridized carbons (Fsp3) is 0.263. The third-order valence-electron chi connectivity index (χ3n) is 4.26. The van der Waals surface area contributed by atoms with Crippen LogP contribution in [0.5, 0.6) is 0 Å². The molecular weight excluding hydrogens is 306 g/mol. The van der Waals surface area contributed by atoms with E-state index >= 15 is 0 Å². The fourth-order valence-corrected chi connectivity index (χ4v) is 3.90. The minimum absolute atomic E-state index is 0.189. The molecule has 0 aromatic heterocycles. The van der Waals surface area contributed by atoms with Gasteiger partial charge in [-0.15, -0.1) is 0 Å². The molecule has 3 nitrogen and oxygen atoms in total. The van der Waals surface area contributed by atoms with E-state index in [1.54, 1.807) is 6.07 Å². The fourth-order valence-electron chi connectivity index (χ4n) is 3.11. The maximum absolute atomic E-state index is 12.0. The van der Waals surface area contributed by atoms with Gasteiger partial charge in [0.05, 0.1) is 4.90 Å². The molecule has 0 atom stereocenters. The minimum Gasteiger partial charge on any atom is -0.225 e. The molecule has 0 heterocycles. The summed E-state index contributed by atoms with van der Waals surface area (Å²) in [7, 11) is -3.77. The number of hydrogen-bond donors (Lipinski definition) is 1. The molecule has 3 rings (SSSR count). The molecule has 0 amide bonds. The molecule has 1 fully saturated rings. The zero-order chi connectivity index (χ0) is 16.3. The Labute approximate surface area is 137 Å². The molecule has 0 unspecified atom stereocenters. The Balaban J connectivity index is 2.06. The molecule has 4 heteroatoms. The summed E-state index contributed by atoms with van der Waals surface area (Å²) in [6.07, 6.45) is 8.04. The van der Waals surface area contributed by atoms with E-state index in [9.17, 15) is 8.42 Å². The van der Waals surface area contributed by atoms with Gasteiger partial charge < -0.3 is 0 Å². The van der Waals surface area contributed by atoms with Crippen LogP contribution in [0.25, 0.3) is 17.2 Å². The van der Waals surface area contributed by atoms with Crippen LogP contribution >= 0.6 is 0 Å². The van der Waals surface area contributed by atoms with Crippen molar-refractivity contribution in [1.29, 1.82) is 0 Å². The number of primary sulfonamides is 1. The van der Waals surface area contributed by atoms with Crippen molar-refractivity contribution in [3.63, 3.8) is 0 Å². The molecule has 1 aliphatic rings. The van der Waals surface area contributed by atoms with E-state index in [1.165, 1.54) is 24.8 Å². The average molecular weight is 327 g/mol. The molecule has 1 saturated carbocycles. The molecule has 2 N–H and O–H groups in total. The first-order chi connectivity index (χ1) is 11.0. The predicted octanol–water partition coefficient (Wildman–Crippen LogP) is 4.35. The van der Waals surface area contributed by atoms with E-state index < -0.39 is 10.0 Å². The molecule has 2 aromatic carbocycles. The van der Waals surface area contributed by atoms with Gasteiger partial charge in [0.25, 0.3) is 0 Å². The Hall–Kier alpha value is -1.91. The minimum atomic E-state index is -3.77. The van der Waals surface area contributed by atoms with Crippen LogP contribution in [0.15, 0.2) is 59.0 Å². The maximum Gasteiger partial charge on any atom is 0.238 e. The molecule has 0 radical (unpaired) electrons. The van der Waals surface area contributed by atoms with E-state index in [2.05, 4.69) is 6.08 Å². The lowest BCUT2D eigenvalue weighted by Gasteiger charge is -2.14. The molecule has 0 spiro atoms. The van der Waals surface area contributed by atoms with Crippen LogP contribution in [-0.4, -0.2) is 8.42 Å². The van der Waals surface area contributed by atoms with Crippen molar-refractivity contribution in [2.75, 3.05) is 0 Å². The van der Waals surface area contributed by atoms with Crippen molar-refractivity contribution in [1.82, 2.24) is 0 Å². The quantitative estimate of drug-likeness (QED) is 0.911. The predicted molar refractivity (Wildman–Crippen MR) is 94.3 cm³/mol. The van der Waals surface area contributed by atoms with Gasteiger partial charge >= 0.3 is 0 Å². The third-order valence-corrected chi connectivity index (χ3v) is 5.21. The molecule has 1 aliphatic carbocycles. The lowest BCUT2D eigenvalue weighted by atomic mass is 9.93. The SMILES string of the molecule is NS(=O)(=O)c1cc(C=C2CCCCC2)ccc1-c1ccccc1. The smallest absolute Gasteiger partial charge is 0.225 e. The van der Waals surface area contributed by atoms with Gasteiger partial charge in [0, 0.05) is 5.56 Å². The molecule has 23 heavy (non-hydrogen) atoms. The Morgan fingerprint density at radius 2 is 1.61 bits per heavy atom. The van der Waals surface area contributed by atoms with Gasteiger partial charge in [-0.1, -0.05) is 60.5 Å². The van der Waals surface area contributed by atoms with Gasteiger partial charge in [0.1, 0.15) is 0 Å². The standard InChI is InChI=1S/C19H21NO2S/c20-23(21,22)19-14-16(13-15-7-3-1-4-8-15)11-12-18(19)17-9-5-2-6-10-17/h2,5-6,9-14H,1,3-4,7-8H2,(H2,20,21,22). The molecule has 0 saturated heterocycles. The van der Waals surface area contributed by atoms with Crippen molar-refractivity contribution in [3.05, 3.63) is 59.7 Å². The van der Waals surface area contributed by atoms with Crippen molar-refractivity contribution in [2.45, 2.75) is 37.0 Å². The van der Waals surface area contributed by atoms with Crippen molar-refractivity contribution in [2.24, 2.45) is 5.14 Å². The zero-order valence-electron chi connectivity index (χ0n) is 13.0. The lowest BCUT2D eigenvalue weighted by Crippen LogP contribution is -2.13. The van der Waals surface area contributed by atoms with E-state index in [0.717, 1.165) is 24.0 Å². The highest BCUT2D eigenvalue weighted by Crippen LogP contribution is 2.30. The summed E-state index contributed by atoms with van der Waals surface area (Å²) in [5, 5.41) is 5.45. The monoisotopic (exact) mass is 327 g/mol. The summed E-state index contributed by atoms with van der Waals surface area (Å²) < 4.78 is 24.1. The molecule has 120 valence electrons. The summed E-state index contributed by atoms with van der Waals surface area (Å²) in [6.45, 7) is 0. The Bertz CT molecular complexity index is 816. The second kappa shape index (κ2) is 6.69. The van der Waals surface area contributed by atoms with Crippen LogP contribution in [0.4, 0.5) is 0 Å². The first-order valence-electron chi connectivity index (χ1n) is 7.96. The number of benzene rings is 2. The molecule has 0 bridgehead atoms. The summed E-state index contributed by atoms with van der Waals surface area (Å²) in [5.74, 6) is 0. The van der Waals surface area contributed by atoms with Crippen LogP contribution < -0.4 is 5.14 Å². The third kappa shape index (κ3) is 3.89. The number of rotatable bonds is 3. The van der Waals surface area contributed by atoms with Gasteiger partial charge in [-0.25, -0.2) is 13.6 Å². The molecular formula is C19H21NO2S. The Morgan fingerprint density at radius 3 is 2.26 bits per heavy atom. The largest absolute Gasteiger partial charge is 0.238 e. The summed E-state index contributed by atoms with van der Waals surface area (Å²) >= 11 is 0. The Kier molecular flexibility index (Phi) is 4.64. The van der Waals surface area contributed by atoms with Gasteiger partial charge in [0.2, 0.25) is 10.0 Å². The zero-order valence-corrected chi connectivity index (χ0v) is 13.9. The van der Waals surface area contributed by atoms with E-state index in [-0.39, 0.29) is 4.90 Å². The first kappa shape index (κ1) is 16.0. The number of nitrogens with two attached hydrogens (primary N) is 1. The van der Waals surface area contributed by atoms with Crippen LogP contribution in [0.3, 0.4) is 0 Å².